The molecule has 0 bridgehead atoms. The molecule has 4 heteroatoms. The lowest BCUT2D eigenvalue weighted by Gasteiger charge is -2.10. The normalized spacial score (nSPS) is 11.4. The first-order valence-electron chi connectivity index (χ1n) is 6.10. The monoisotopic (exact) mass is 278 g/mol. The Hall–Kier alpha value is -2.10. The summed E-state index contributed by atoms with van der Waals surface area (Å²) < 4.78 is 38.3. The van der Waals surface area contributed by atoms with Gasteiger partial charge in [0.1, 0.15) is 6.29 Å². The smallest absolute Gasteiger partial charge is 0.298 e. The molecule has 0 radical (unpaired) electrons. The largest absolute Gasteiger partial charge is 0.416 e. The number of hydrogen-bond donors (Lipinski definition) is 0. The van der Waals surface area contributed by atoms with Gasteiger partial charge in [0.25, 0.3) is 0 Å². The number of aldehydes is 1. The summed E-state index contributed by atoms with van der Waals surface area (Å²) in [5.41, 5.74) is 1.73. The number of rotatable bonds is 3. The number of halogens is 3. The van der Waals surface area contributed by atoms with E-state index in [1.807, 2.05) is 31.2 Å². The first-order chi connectivity index (χ1) is 9.38. The zero-order chi connectivity index (χ0) is 14.8. The van der Waals surface area contributed by atoms with Crippen LogP contribution in [0, 0.1) is 6.92 Å². The molecular formula is C16H13F3O. The molecule has 0 aliphatic carbocycles. The van der Waals surface area contributed by atoms with Crippen LogP contribution in [-0.2, 0) is 12.6 Å². The SMILES string of the molecule is Cc1ccc(Cc2cc(C=O)cc(C(F)(F)F)c2)cc1. The third kappa shape index (κ3) is 3.47. The number of carbonyl (C=O) groups is 1. The van der Waals surface area contributed by atoms with Gasteiger partial charge in [-0.1, -0.05) is 29.8 Å². The summed E-state index contributed by atoms with van der Waals surface area (Å²) in [6.45, 7) is 1.94. The van der Waals surface area contributed by atoms with Gasteiger partial charge in [-0.2, -0.15) is 13.2 Å². The van der Waals surface area contributed by atoms with Crippen LogP contribution < -0.4 is 0 Å². The van der Waals surface area contributed by atoms with Crippen LogP contribution in [-0.4, -0.2) is 6.29 Å². The molecule has 0 aromatic heterocycles. The zero-order valence-electron chi connectivity index (χ0n) is 10.9. The minimum Gasteiger partial charge on any atom is -0.298 e. The van der Waals surface area contributed by atoms with Crippen LogP contribution in [0.2, 0.25) is 0 Å². The van der Waals surface area contributed by atoms with Gasteiger partial charge in [-0.3, -0.25) is 4.79 Å². The van der Waals surface area contributed by atoms with E-state index in [2.05, 4.69) is 0 Å². The molecule has 2 aromatic carbocycles. The van der Waals surface area contributed by atoms with Gasteiger partial charge in [-0.15, -0.1) is 0 Å². The average Bonchev–Trinajstić information content (AvgIpc) is 2.40. The van der Waals surface area contributed by atoms with Crippen LogP contribution in [0.25, 0.3) is 0 Å². The second kappa shape index (κ2) is 5.49. The second-order valence-corrected chi connectivity index (χ2v) is 4.74. The van der Waals surface area contributed by atoms with Gasteiger partial charge in [-0.05, 0) is 42.7 Å². The van der Waals surface area contributed by atoms with Gasteiger partial charge in [-0.25, -0.2) is 0 Å². The Morgan fingerprint density at radius 3 is 2.20 bits per heavy atom. The molecule has 0 saturated carbocycles. The van der Waals surface area contributed by atoms with Crippen molar-refractivity contribution in [2.45, 2.75) is 19.5 Å². The minimum atomic E-state index is -4.44. The molecule has 0 heterocycles. The van der Waals surface area contributed by atoms with Crippen LogP contribution in [0.4, 0.5) is 13.2 Å². The van der Waals surface area contributed by atoms with Crippen molar-refractivity contribution in [2.75, 3.05) is 0 Å². The Morgan fingerprint density at radius 1 is 1.00 bits per heavy atom. The van der Waals surface area contributed by atoms with E-state index in [-0.39, 0.29) is 5.56 Å². The Kier molecular flexibility index (Phi) is 3.93. The van der Waals surface area contributed by atoms with Crippen molar-refractivity contribution in [3.63, 3.8) is 0 Å². The second-order valence-electron chi connectivity index (χ2n) is 4.74. The van der Waals surface area contributed by atoms with E-state index in [1.165, 1.54) is 6.07 Å². The number of benzene rings is 2. The van der Waals surface area contributed by atoms with Gasteiger partial charge in [0.2, 0.25) is 0 Å². The molecule has 0 aliphatic heterocycles. The molecule has 2 aromatic rings. The van der Waals surface area contributed by atoms with Crippen molar-refractivity contribution in [1.29, 1.82) is 0 Å². The minimum absolute atomic E-state index is 0.0435. The van der Waals surface area contributed by atoms with Crippen molar-refractivity contribution >= 4 is 6.29 Å². The predicted molar refractivity (Wildman–Crippen MR) is 70.8 cm³/mol. The molecule has 2 rings (SSSR count). The summed E-state index contributed by atoms with van der Waals surface area (Å²) in [7, 11) is 0. The fourth-order valence-corrected chi connectivity index (χ4v) is 1.99. The van der Waals surface area contributed by atoms with E-state index in [0.717, 1.165) is 23.3 Å². The van der Waals surface area contributed by atoms with Gasteiger partial charge >= 0.3 is 6.18 Å². The lowest BCUT2D eigenvalue weighted by molar-refractivity contribution is -0.137. The number of carbonyl (C=O) groups excluding carboxylic acids is 1. The molecular weight excluding hydrogens is 265 g/mol. The van der Waals surface area contributed by atoms with E-state index in [9.17, 15) is 18.0 Å². The molecule has 0 N–H and O–H groups in total. The molecule has 0 amide bonds. The van der Waals surface area contributed by atoms with Crippen molar-refractivity contribution in [3.8, 4) is 0 Å². The van der Waals surface area contributed by atoms with Crippen LogP contribution in [0.5, 0.6) is 0 Å². The topological polar surface area (TPSA) is 17.1 Å². The Balaban J connectivity index is 2.36. The number of aryl methyl sites for hydroxylation is 1. The van der Waals surface area contributed by atoms with E-state index in [4.69, 9.17) is 0 Å². The van der Waals surface area contributed by atoms with E-state index in [1.54, 1.807) is 0 Å². The summed E-state index contributed by atoms with van der Waals surface area (Å²) in [5.74, 6) is 0. The van der Waals surface area contributed by atoms with Gasteiger partial charge in [0.15, 0.2) is 0 Å². The highest BCUT2D eigenvalue weighted by Crippen LogP contribution is 2.31. The molecule has 0 aliphatic rings. The van der Waals surface area contributed by atoms with Crippen LogP contribution in [0.3, 0.4) is 0 Å². The summed E-state index contributed by atoms with van der Waals surface area (Å²) in [6, 6.07) is 11.0. The molecule has 20 heavy (non-hydrogen) atoms. The van der Waals surface area contributed by atoms with Crippen LogP contribution in [0.15, 0.2) is 42.5 Å². The summed E-state index contributed by atoms with van der Waals surface area (Å²) in [4.78, 5) is 10.8. The van der Waals surface area contributed by atoms with Gasteiger partial charge in [0.05, 0.1) is 5.56 Å². The maximum atomic E-state index is 12.8. The first kappa shape index (κ1) is 14.3. The first-order valence-corrected chi connectivity index (χ1v) is 6.10. The van der Waals surface area contributed by atoms with Gasteiger partial charge in [0, 0.05) is 5.56 Å². The maximum Gasteiger partial charge on any atom is 0.416 e. The summed E-state index contributed by atoms with van der Waals surface area (Å²) in [5, 5.41) is 0. The fraction of sp³-hybridized carbons (Fsp3) is 0.188. The molecule has 0 unspecified atom stereocenters. The van der Waals surface area contributed by atoms with Crippen molar-refractivity contribution in [3.05, 3.63) is 70.3 Å². The quantitative estimate of drug-likeness (QED) is 0.760. The van der Waals surface area contributed by atoms with Crippen molar-refractivity contribution in [2.24, 2.45) is 0 Å². The van der Waals surface area contributed by atoms with Crippen LogP contribution in [0.1, 0.15) is 32.6 Å². The molecule has 0 spiro atoms. The maximum absolute atomic E-state index is 12.8. The number of hydrogen-bond acceptors (Lipinski definition) is 1. The Labute approximate surface area is 115 Å². The number of alkyl halides is 3. The van der Waals surface area contributed by atoms with E-state index < -0.39 is 11.7 Å². The average molecular weight is 278 g/mol. The summed E-state index contributed by atoms with van der Waals surface area (Å²) in [6.07, 6.45) is -3.64. The predicted octanol–water partition coefficient (Wildman–Crippen LogP) is 4.42. The molecule has 0 fully saturated rings. The zero-order valence-corrected chi connectivity index (χ0v) is 10.9. The molecule has 0 saturated heterocycles. The standard InChI is InChI=1S/C16H13F3O/c1-11-2-4-12(5-3-11)6-13-7-14(10-20)9-15(8-13)16(17,18)19/h2-5,7-10H,6H2,1H3. The van der Waals surface area contributed by atoms with E-state index in [0.29, 0.717) is 18.3 Å². The Bertz CT molecular complexity index is 613. The highest BCUT2D eigenvalue weighted by atomic mass is 19.4. The van der Waals surface area contributed by atoms with Crippen LogP contribution >= 0.6 is 0 Å². The Morgan fingerprint density at radius 2 is 1.65 bits per heavy atom. The van der Waals surface area contributed by atoms with E-state index >= 15 is 0 Å². The highest BCUT2D eigenvalue weighted by molar-refractivity contribution is 5.75. The molecule has 1 nitrogen and oxygen atoms in total. The third-order valence-electron chi connectivity index (χ3n) is 3.01. The molecule has 0 atom stereocenters. The fourth-order valence-electron chi connectivity index (χ4n) is 1.99. The van der Waals surface area contributed by atoms with Crippen molar-refractivity contribution in [1.82, 2.24) is 0 Å². The lowest BCUT2D eigenvalue weighted by Crippen LogP contribution is -2.07. The molecule has 104 valence electrons. The lowest BCUT2D eigenvalue weighted by atomic mass is 9.99. The van der Waals surface area contributed by atoms with Crippen molar-refractivity contribution < 1.29 is 18.0 Å². The summed E-state index contributed by atoms with van der Waals surface area (Å²) >= 11 is 0. The highest BCUT2D eigenvalue weighted by Gasteiger charge is 2.31. The third-order valence-corrected chi connectivity index (χ3v) is 3.01. The van der Waals surface area contributed by atoms with Gasteiger partial charge < -0.3 is 0 Å².